The molecule has 2 atom stereocenters. The number of piperidine rings is 1. The molecule has 0 spiro atoms. The number of nitrogens with one attached hydrogen (secondary N) is 1. The molecule has 180 valence electrons. The van der Waals surface area contributed by atoms with E-state index in [1.165, 1.54) is 12.8 Å². The molecule has 2 heterocycles. The van der Waals surface area contributed by atoms with Gasteiger partial charge in [-0.15, -0.1) is 0 Å². The van der Waals surface area contributed by atoms with E-state index in [2.05, 4.69) is 34.0 Å². The fraction of sp³-hybridized carbons (Fsp3) is 0.750. The minimum atomic E-state index is -0.271. The summed E-state index contributed by atoms with van der Waals surface area (Å²) >= 11 is 0. The topological polar surface area (TPSA) is 85.1 Å². The summed E-state index contributed by atoms with van der Waals surface area (Å²) in [5, 5.41) is 24.6. The summed E-state index contributed by atoms with van der Waals surface area (Å²) in [7, 11) is 2.13. The molecule has 32 heavy (non-hydrogen) atoms. The first-order valence-corrected chi connectivity index (χ1v) is 12.3. The molecule has 2 N–H and O–H groups in total. The number of likely N-dealkylation sites (N-methyl/N-ethyl adjacent to an activating group) is 1. The standard InChI is InChI=1S/C24H41N5O3/c1-20-17-22(30)9-12-28(20)11-6-4-3-5-10-25-23-8-7-21(18-24(23)29(31)32)19-27-15-13-26(2)14-16-27/h7-8,18,20,22,25,30H,3-6,9-17,19H2,1-2H3. The van der Waals surface area contributed by atoms with Crippen molar-refractivity contribution in [3.8, 4) is 0 Å². The predicted molar refractivity (Wildman–Crippen MR) is 129 cm³/mol. The van der Waals surface area contributed by atoms with Gasteiger partial charge in [-0.1, -0.05) is 18.9 Å². The zero-order valence-corrected chi connectivity index (χ0v) is 19.8. The number of hydrogen-bond acceptors (Lipinski definition) is 7. The fourth-order valence-electron chi connectivity index (χ4n) is 4.78. The molecule has 0 radical (unpaired) electrons. The average molecular weight is 448 g/mol. The molecule has 2 unspecified atom stereocenters. The smallest absolute Gasteiger partial charge is 0.292 e. The Labute approximate surface area is 192 Å². The van der Waals surface area contributed by atoms with Gasteiger partial charge in [0.15, 0.2) is 0 Å². The molecular formula is C24H41N5O3. The molecule has 2 saturated heterocycles. The van der Waals surface area contributed by atoms with E-state index in [0.29, 0.717) is 11.7 Å². The van der Waals surface area contributed by atoms with Gasteiger partial charge in [-0.2, -0.15) is 0 Å². The lowest BCUT2D eigenvalue weighted by Gasteiger charge is -2.35. The zero-order valence-electron chi connectivity index (χ0n) is 19.8. The van der Waals surface area contributed by atoms with Crippen LogP contribution in [0, 0.1) is 10.1 Å². The van der Waals surface area contributed by atoms with Crippen molar-refractivity contribution in [3.63, 3.8) is 0 Å². The third kappa shape index (κ3) is 7.69. The van der Waals surface area contributed by atoms with Crippen molar-refractivity contribution in [1.82, 2.24) is 14.7 Å². The largest absolute Gasteiger partial charge is 0.393 e. The normalized spacial score (nSPS) is 23.3. The summed E-state index contributed by atoms with van der Waals surface area (Å²) in [6.45, 7) is 9.92. The molecule has 2 aliphatic heterocycles. The van der Waals surface area contributed by atoms with Crippen LogP contribution in [0.15, 0.2) is 18.2 Å². The number of nitro groups is 1. The highest BCUT2D eigenvalue weighted by molar-refractivity contribution is 5.62. The van der Waals surface area contributed by atoms with Crippen LogP contribution in [0.2, 0.25) is 0 Å². The van der Waals surface area contributed by atoms with Crippen LogP contribution >= 0.6 is 0 Å². The van der Waals surface area contributed by atoms with E-state index in [1.807, 2.05) is 12.1 Å². The minimum absolute atomic E-state index is 0.128. The number of anilines is 1. The molecular weight excluding hydrogens is 406 g/mol. The Morgan fingerprint density at radius 1 is 1.12 bits per heavy atom. The highest BCUT2D eigenvalue weighted by atomic mass is 16.6. The fourth-order valence-corrected chi connectivity index (χ4v) is 4.78. The number of rotatable bonds is 11. The minimum Gasteiger partial charge on any atom is -0.393 e. The molecule has 0 bridgehead atoms. The lowest BCUT2D eigenvalue weighted by atomic mass is 10.0. The van der Waals surface area contributed by atoms with Crippen LogP contribution in [0.3, 0.4) is 0 Å². The Morgan fingerprint density at radius 3 is 2.59 bits per heavy atom. The summed E-state index contributed by atoms with van der Waals surface area (Å²) in [6, 6.07) is 6.09. The van der Waals surface area contributed by atoms with Crippen molar-refractivity contribution < 1.29 is 10.0 Å². The second-order valence-electron chi connectivity index (χ2n) is 9.59. The molecule has 3 rings (SSSR count). The summed E-state index contributed by atoms with van der Waals surface area (Å²) < 4.78 is 0. The summed E-state index contributed by atoms with van der Waals surface area (Å²) in [5.74, 6) is 0. The summed E-state index contributed by atoms with van der Waals surface area (Å²) in [5.41, 5.74) is 1.81. The van der Waals surface area contributed by atoms with Crippen LogP contribution in [0.25, 0.3) is 0 Å². The van der Waals surface area contributed by atoms with Gasteiger partial charge >= 0.3 is 0 Å². The maximum Gasteiger partial charge on any atom is 0.292 e. The average Bonchev–Trinajstić information content (AvgIpc) is 2.76. The number of likely N-dealkylation sites (tertiary alicyclic amines) is 1. The van der Waals surface area contributed by atoms with E-state index in [4.69, 9.17) is 0 Å². The van der Waals surface area contributed by atoms with Crippen molar-refractivity contribution >= 4 is 11.4 Å². The van der Waals surface area contributed by atoms with Gasteiger partial charge in [0.05, 0.1) is 11.0 Å². The maximum absolute atomic E-state index is 11.6. The second-order valence-corrected chi connectivity index (χ2v) is 9.59. The predicted octanol–water partition coefficient (Wildman–Crippen LogP) is 3.16. The van der Waals surface area contributed by atoms with E-state index in [9.17, 15) is 15.2 Å². The number of piperazine rings is 1. The number of nitrogens with zero attached hydrogens (tertiary/aromatic N) is 4. The Morgan fingerprint density at radius 2 is 1.88 bits per heavy atom. The molecule has 2 aliphatic rings. The van der Waals surface area contributed by atoms with Crippen LogP contribution in [0.4, 0.5) is 11.4 Å². The van der Waals surface area contributed by atoms with Crippen LogP contribution < -0.4 is 5.32 Å². The Balaban J connectivity index is 1.36. The van der Waals surface area contributed by atoms with Crippen LogP contribution in [0.5, 0.6) is 0 Å². The van der Waals surface area contributed by atoms with Gasteiger partial charge < -0.3 is 20.2 Å². The molecule has 1 aromatic carbocycles. The third-order valence-electron chi connectivity index (χ3n) is 6.93. The van der Waals surface area contributed by atoms with Gasteiger partial charge in [-0.3, -0.25) is 15.0 Å². The number of aliphatic hydroxyl groups is 1. The zero-order chi connectivity index (χ0) is 22.9. The van der Waals surface area contributed by atoms with E-state index < -0.39 is 0 Å². The van der Waals surface area contributed by atoms with Crippen molar-refractivity contribution in [3.05, 3.63) is 33.9 Å². The van der Waals surface area contributed by atoms with Gasteiger partial charge in [0, 0.05) is 57.9 Å². The second kappa shape index (κ2) is 12.5. The number of nitro benzene ring substituents is 1. The Kier molecular flexibility index (Phi) is 9.71. The van der Waals surface area contributed by atoms with Gasteiger partial charge in [0.1, 0.15) is 5.69 Å². The molecule has 8 nitrogen and oxygen atoms in total. The molecule has 1 aromatic rings. The summed E-state index contributed by atoms with van der Waals surface area (Å²) in [6.07, 6.45) is 6.11. The van der Waals surface area contributed by atoms with Crippen molar-refractivity contribution in [1.29, 1.82) is 0 Å². The van der Waals surface area contributed by atoms with E-state index >= 15 is 0 Å². The first-order chi connectivity index (χ1) is 15.4. The molecule has 0 amide bonds. The summed E-state index contributed by atoms with van der Waals surface area (Å²) in [4.78, 5) is 18.5. The number of benzene rings is 1. The Hall–Kier alpha value is -1.74. The van der Waals surface area contributed by atoms with Gasteiger partial charge in [-0.25, -0.2) is 0 Å². The van der Waals surface area contributed by atoms with E-state index in [1.54, 1.807) is 6.07 Å². The molecule has 0 aromatic heterocycles. The Bertz CT molecular complexity index is 724. The number of hydrogen-bond donors (Lipinski definition) is 2. The van der Waals surface area contributed by atoms with E-state index in [0.717, 1.165) is 83.6 Å². The van der Waals surface area contributed by atoms with Crippen LogP contribution in [0.1, 0.15) is 51.0 Å². The molecule has 8 heteroatoms. The molecule has 0 saturated carbocycles. The van der Waals surface area contributed by atoms with Gasteiger partial charge in [-0.05, 0) is 57.8 Å². The van der Waals surface area contributed by atoms with Crippen molar-refractivity contribution in [2.45, 2.75) is 64.1 Å². The quantitative estimate of drug-likeness (QED) is 0.306. The number of aliphatic hydroxyl groups excluding tert-OH is 1. The van der Waals surface area contributed by atoms with Gasteiger partial charge in [0.25, 0.3) is 5.69 Å². The highest BCUT2D eigenvalue weighted by Crippen LogP contribution is 2.26. The van der Waals surface area contributed by atoms with Crippen LogP contribution in [-0.2, 0) is 6.54 Å². The SMILES string of the molecule is CC1CC(O)CCN1CCCCCCNc1ccc(CN2CCN(C)CC2)cc1[N+](=O)[O-]. The lowest BCUT2D eigenvalue weighted by molar-refractivity contribution is -0.384. The lowest BCUT2D eigenvalue weighted by Crippen LogP contribution is -2.43. The highest BCUT2D eigenvalue weighted by Gasteiger charge is 2.23. The van der Waals surface area contributed by atoms with E-state index in [-0.39, 0.29) is 16.7 Å². The van der Waals surface area contributed by atoms with Crippen LogP contribution in [-0.4, -0.2) is 89.7 Å². The van der Waals surface area contributed by atoms with Crippen molar-refractivity contribution in [2.75, 3.05) is 58.2 Å². The van der Waals surface area contributed by atoms with Crippen molar-refractivity contribution in [2.24, 2.45) is 0 Å². The maximum atomic E-state index is 11.6. The third-order valence-corrected chi connectivity index (χ3v) is 6.93. The van der Waals surface area contributed by atoms with Gasteiger partial charge in [0.2, 0.25) is 0 Å². The first-order valence-electron chi connectivity index (χ1n) is 12.3. The monoisotopic (exact) mass is 447 g/mol. The first kappa shape index (κ1) is 24.9. The molecule has 0 aliphatic carbocycles. The molecule has 2 fully saturated rings. The number of unbranched alkanes of at least 4 members (excludes halogenated alkanes) is 3.